The molecule has 0 saturated heterocycles. The lowest BCUT2D eigenvalue weighted by molar-refractivity contribution is 0.0519. The van der Waals surface area contributed by atoms with Crippen LogP contribution in [-0.4, -0.2) is 23.4 Å². The number of rotatable bonds is 5. The average Bonchev–Trinajstić information content (AvgIpc) is 2.27. The van der Waals surface area contributed by atoms with Gasteiger partial charge in [-0.05, 0) is 31.9 Å². The fraction of sp³-hybridized carbons (Fsp3) is 0.455. The third kappa shape index (κ3) is 3.88. The molecule has 1 aromatic heterocycles. The Hall–Kier alpha value is -1.09. The average molecular weight is 228 g/mol. The Labute approximate surface area is 94.4 Å². The number of aryl methyl sites for hydroxylation is 1. The first-order valence-electron chi connectivity index (χ1n) is 4.97. The summed E-state index contributed by atoms with van der Waals surface area (Å²) in [4.78, 5) is 15.6. The van der Waals surface area contributed by atoms with Gasteiger partial charge >= 0.3 is 5.97 Å². The number of nitrogens with zero attached hydrogens (tertiary/aromatic N) is 1. The predicted molar refractivity (Wildman–Crippen MR) is 59.2 cm³/mol. The molecule has 15 heavy (non-hydrogen) atoms. The van der Waals surface area contributed by atoms with Crippen molar-refractivity contribution in [2.24, 2.45) is 0 Å². The maximum absolute atomic E-state index is 11.4. The number of carbonyl (C=O) groups excluding carboxylic acids is 1. The number of halogens is 1. The van der Waals surface area contributed by atoms with Crippen LogP contribution < -0.4 is 0 Å². The lowest BCUT2D eigenvalue weighted by atomic mass is 10.2. The number of hydrogen-bond donors (Lipinski definition) is 0. The topological polar surface area (TPSA) is 39.2 Å². The highest BCUT2D eigenvalue weighted by molar-refractivity contribution is 6.17. The van der Waals surface area contributed by atoms with Crippen LogP contribution in [0.5, 0.6) is 0 Å². The molecular formula is C11H14ClNO2. The number of aromatic nitrogens is 1. The van der Waals surface area contributed by atoms with Crippen LogP contribution in [0.4, 0.5) is 0 Å². The van der Waals surface area contributed by atoms with Crippen LogP contribution in [0.15, 0.2) is 18.2 Å². The highest BCUT2D eigenvalue weighted by Gasteiger charge is 2.07. The lowest BCUT2D eigenvalue weighted by Gasteiger charge is -2.03. The molecule has 4 heteroatoms. The molecule has 0 aromatic carbocycles. The van der Waals surface area contributed by atoms with Crippen molar-refractivity contribution >= 4 is 17.6 Å². The molecule has 0 bridgehead atoms. The molecule has 0 aliphatic rings. The number of pyridine rings is 1. The van der Waals surface area contributed by atoms with Crippen molar-refractivity contribution in [1.29, 1.82) is 0 Å². The SMILES string of the molecule is CCOC(=O)c1cccc(CCCCl)n1. The van der Waals surface area contributed by atoms with Crippen LogP contribution in [0, 0.1) is 0 Å². The summed E-state index contributed by atoms with van der Waals surface area (Å²) in [6.07, 6.45) is 1.65. The van der Waals surface area contributed by atoms with Crippen LogP contribution in [0.3, 0.4) is 0 Å². The molecule has 0 unspecified atom stereocenters. The van der Waals surface area contributed by atoms with E-state index in [1.807, 2.05) is 12.1 Å². The minimum atomic E-state index is -0.370. The molecule has 0 atom stereocenters. The second-order valence-corrected chi connectivity index (χ2v) is 3.41. The van der Waals surface area contributed by atoms with E-state index in [1.54, 1.807) is 13.0 Å². The van der Waals surface area contributed by atoms with Gasteiger partial charge in [-0.3, -0.25) is 0 Å². The maximum atomic E-state index is 11.4. The molecule has 0 amide bonds. The number of esters is 1. The maximum Gasteiger partial charge on any atom is 0.356 e. The molecule has 3 nitrogen and oxygen atoms in total. The Morgan fingerprint density at radius 3 is 3.00 bits per heavy atom. The monoisotopic (exact) mass is 227 g/mol. The van der Waals surface area contributed by atoms with Gasteiger partial charge in [-0.25, -0.2) is 9.78 Å². The Morgan fingerprint density at radius 1 is 1.53 bits per heavy atom. The summed E-state index contributed by atoms with van der Waals surface area (Å²) in [6.45, 7) is 2.14. The van der Waals surface area contributed by atoms with Crippen molar-refractivity contribution < 1.29 is 9.53 Å². The first kappa shape index (κ1) is 12.0. The van der Waals surface area contributed by atoms with E-state index in [2.05, 4.69) is 4.98 Å². The molecule has 82 valence electrons. The van der Waals surface area contributed by atoms with E-state index >= 15 is 0 Å². The summed E-state index contributed by atoms with van der Waals surface area (Å²) in [7, 11) is 0. The molecule has 0 aliphatic carbocycles. The van der Waals surface area contributed by atoms with Crippen LogP contribution >= 0.6 is 11.6 Å². The first-order valence-corrected chi connectivity index (χ1v) is 5.50. The smallest absolute Gasteiger partial charge is 0.356 e. The van der Waals surface area contributed by atoms with E-state index in [9.17, 15) is 4.79 Å². The zero-order valence-corrected chi connectivity index (χ0v) is 9.46. The molecule has 1 rings (SSSR count). The lowest BCUT2D eigenvalue weighted by Crippen LogP contribution is -2.08. The van der Waals surface area contributed by atoms with Crippen molar-refractivity contribution in [2.75, 3.05) is 12.5 Å². The van der Waals surface area contributed by atoms with Gasteiger partial charge in [0.2, 0.25) is 0 Å². The number of carbonyl (C=O) groups is 1. The van der Waals surface area contributed by atoms with Crippen molar-refractivity contribution in [3.05, 3.63) is 29.6 Å². The van der Waals surface area contributed by atoms with Gasteiger partial charge in [-0.2, -0.15) is 0 Å². The zero-order valence-electron chi connectivity index (χ0n) is 8.70. The fourth-order valence-electron chi connectivity index (χ4n) is 1.19. The quantitative estimate of drug-likeness (QED) is 0.573. The molecule has 0 fully saturated rings. The Kier molecular flexibility index (Phi) is 5.12. The molecule has 0 spiro atoms. The van der Waals surface area contributed by atoms with Crippen LogP contribution in [0.2, 0.25) is 0 Å². The van der Waals surface area contributed by atoms with Gasteiger partial charge in [0.05, 0.1) is 6.61 Å². The van der Waals surface area contributed by atoms with Crippen molar-refractivity contribution in [3.63, 3.8) is 0 Å². The molecular weight excluding hydrogens is 214 g/mol. The van der Waals surface area contributed by atoms with Gasteiger partial charge in [-0.1, -0.05) is 6.07 Å². The standard InChI is InChI=1S/C11H14ClNO2/c1-2-15-11(14)10-7-3-5-9(13-10)6-4-8-12/h3,5,7H,2,4,6,8H2,1H3. The van der Waals surface area contributed by atoms with Gasteiger partial charge in [0.15, 0.2) is 0 Å². The third-order valence-corrected chi connectivity index (χ3v) is 2.13. The molecule has 0 saturated carbocycles. The summed E-state index contributed by atoms with van der Waals surface area (Å²) in [5, 5.41) is 0. The summed E-state index contributed by atoms with van der Waals surface area (Å²) in [5.74, 6) is 0.232. The third-order valence-electron chi connectivity index (χ3n) is 1.86. The van der Waals surface area contributed by atoms with Gasteiger partial charge in [0.1, 0.15) is 5.69 Å². The van der Waals surface area contributed by atoms with E-state index in [4.69, 9.17) is 16.3 Å². The molecule has 0 radical (unpaired) electrons. The molecule has 0 aliphatic heterocycles. The Bertz CT molecular complexity index is 328. The minimum Gasteiger partial charge on any atom is -0.461 e. The van der Waals surface area contributed by atoms with Gasteiger partial charge < -0.3 is 4.74 Å². The van der Waals surface area contributed by atoms with E-state index in [0.29, 0.717) is 18.2 Å². The molecule has 0 N–H and O–H groups in total. The Morgan fingerprint density at radius 2 is 2.33 bits per heavy atom. The van der Waals surface area contributed by atoms with Crippen molar-refractivity contribution in [1.82, 2.24) is 4.98 Å². The van der Waals surface area contributed by atoms with E-state index in [1.165, 1.54) is 0 Å². The van der Waals surface area contributed by atoms with E-state index in [0.717, 1.165) is 18.5 Å². The van der Waals surface area contributed by atoms with Gasteiger partial charge in [0, 0.05) is 11.6 Å². The predicted octanol–water partition coefficient (Wildman–Crippen LogP) is 2.43. The summed E-state index contributed by atoms with van der Waals surface area (Å²) >= 11 is 5.58. The zero-order chi connectivity index (χ0) is 11.1. The van der Waals surface area contributed by atoms with Gasteiger partial charge in [0.25, 0.3) is 0 Å². The second kappa shape index (κ2) is 6.40. The Balaban J connectivity index is 2.69. The fourth-order valence-corrected chi connectivity index (χ4v) is 1.32. The summed E-state index contributed by atoms with van der Waals surface area (Å²) in [6, 6.07) is 5.35. The molecule has 1 heterocycles. The number of ether oxygens (including phenoxy) is 1. The molecule has 1 aromatic rings. The number of hydrogen-bond acceptors (Lipinski definition) is 3. The number of alkyl halides is 1. The normalized spacial score (nSPS) is 10.0. The highest BCUT2D eigenvalue weighted by atomic mass is 35.5. The van der Waals surface area contributed by atoms with Crippen LogP contribution in [-0.2, 0) is 11.2 Å². The van der Waals surface area contributed by atoms with Crippen molar-refractivity contribution in [2.45, 2.75) is 19.8 Å². The first-order chi connectivity index (χ1) is 7.27. The van der Waals surface area contributed by atoms with Crippen molar-refractivity contribution in [3.8, 4) is 0 Å². The summed E-state index contributed by atoms with van der Waals surface area (Å²) in [5.41, 5.74) is 1.24. The second-order valence-electron chi connectivity index (χ2n) is 3.03. The minimum absolute atomic E-state index is 0.365. The largest absolute Gasteiger partial charge is 0.461 e. The van der Waals surface area contributed by atoms with E-state index in [-0.39, 0.29) is 5.97 Å². The van der Waals surface area contributed by atoms with E-state index < -0.39 is 0 Å². The van der Waals surface area contributed by atoms with Crippen LogP contribution in [0.25, 0.3) is 0 Å². The summed E-state index contributed by atoms with van der Waals surface area (Å²) < 4.78 is 4.86. The van der Waals surface area contributed by atoms with Gasteiger partial charge in [-0.15, -0.1) is 11.6 Å². The van der Waals surface area contributed by atoms with Crippen LogP contribution in [0.1, 0.15) is 29.5 Å². The highest BCUT2D eigenvalue weighted by Crippen LogP contribution is 2.04.